The Bertz CT molecular complexity index is 1070. The van der Waals surface area contributed by atoms with Crippen molar-refractivity contribution in [3.8, 4) is 0 Å². The Kier molecular flexibility index (Phi) is 5.38. The molecule has 4 amide bonds. The molecule has 10 heteroatoms. The first-order valence-electron chi connectivity index (χ1n) is 8.58. The zero-order valence-electron chi connectivity index (χ0n) is 15.6. The SMILES string of the molecule is CC1C(=O)N(CC(=O)Nc2ccc(S(C)(=O)=O)cc2)C(=O)N1c1ccc(F)cc1. The summed E-state index contributed by atoms with van der Waals surface area (Å²) in [6.07, 6.45) is 1.07. The number of carbonyl (C=O) groups is 3. The second kappa shape index (κ2) is 7.63. The Labute approximate surface area is 166 Å². The fourth-order valence-corrected chi connectivity index (χ4v) is 3.57. The summed E-state index contributed by atoms with van der Waals surface area (Å²) in [5.74, 6) is -1.65. The molecule has 2 aromatic rings. The molecule has 1 aliphatic rings. The molecule has 0 aromatic heterocycles. The van der Waals surface area contributed by atoms with Crippen LogP contribution in [-0.2, 0) is 19.4 Å². The fourth-order valence-electron chi connectivity index (χ4n) is 2.94. The number of hydrogen-bond donors (Lipinski definition) is 1. The number of rotatable bonds is 5. The van der Waals surface area contributed by atoms with Gasteiger partial charge in [0.2, 0.25) is 5.91 Å². The zero-order chi connectivity index (χ0) is 21.3. The summed E-state index contributed by atoms with van der Waals surface area (Å²) in [4.78, 5) is 39.5. The number of imide groups is 1. The van der Waals surface area contributed by atoms with E-state index in [9.17, 15) is 27.2 Å². The van der Waals surface area contributed by atoms with Crippen LogP contribution in [0.15, 0.2) is 53.4 Å². The highest BCUT2D eigenvalue weighted by atomic mass is 32.2. The van der Waals surface area contributed by atoms with E-state index in [1.165, 1.54) is 60.4 Å². The molecule has 0 saturated carbocycles. The van der Waals surface area contributed by atoms with E-state index in [0.717, 1.165) is 11.2 Å². The van der Waals surface area contributed by atoms with Crippen molar-refractivity contribution >= 4 is 39.1 Å². The number of halogens is 1. The predicted octanol–water partition coefficient (Wildman–Crippen LogP) is 2.02. The second-order valence-electron chi connectivity index (χ2n) is 6.57. The minimum Gasteiger partial charge on any atom is -0.325 e. The summed E-state index contributed by atoms with van der Waals surface area (Å²) in [6.45, 7) is 1.01. The van der Waals surface area contributed by atoms with Crippen LogP contribution >= 0.6 is 0 Å². The fraction of sp³-hybridized carbons (Fsp3) is 0.211. The highest BCUT2D eigenvalue weighted by molar-refractivity contribution is 7.90. The van der Waals surface area contributed by atoms with Crippen molar-refractivity contribution in [2.24, 2.45) is 0 Å². The molecule has 2 aromatic carbocycles. The van der Waals surface area contributed by atoms with Crippen molar-refractivity contribution in [3.63, 3.8) is 0 Å². The molecule has 1 fully saturated rings. The topological polar surface area (TPSA) is 104 Å². The minimum atomic E-state index is -3.36. The lowest BCUT2D eigenvalue weighted by Crippen LogP contribution is -2.39. The van der Waals surface area contributed by atoms with Gasteiger partial charge >= 0.3 is 6.03 Å². The minimum absolute atomic E-state index is 0.101. The molecule has 1 aliphatic heterocycles. The Morgan fingerprint density at radius 1 is 1.07 bits per heavy atom. The first kappa shape index (κ1) is 20.5. The van der Waals surface area contributed by atoms with Gasteiger partial charge in [0.15, 0.2) is 9.84 Å². The van der Waals surface area contributed by atoms with Crippen molar-refractivity contribution < 1.29 is 27.2 Å². The number of hydrogen-bond acceptors (Lipinski definition) is 5. The van der Waals surface area contributed by atoms with Gasteiger partial charge in [0.05, 0.1) is 4.90 Å². The molecule has 3 rings (SSSR count). The summed E-state index contributed by atoms with van der Waals surface area (Å²) >= 11 is 0. The van der Waals surface area contributed by atoms with Crippen LogP contribution in [-0.4, -0.2) is 50.0 Å². The van der Waals surface area contributed by atoms with Gasteiger partial charge in [-0.15, -0.1) is 0 Å². The highest BCUT2D eigenvalue weighted by Crippen LogP contribution is 2.26. The normalized spacial score (nSPS) is 17.0. The molecule has 8 nitrogen and oxygen atoms in total. The van der Waals surface area contributed by atoms with Gasteiger partial charge < -0.3 is 5.32 Å². The molecule has 0 aliphatic carbocycles. The number of benzene rings is 2. The summed E-state index contributed by atoms with van der Waals surface area (Å²) in [7, 11) is -3.36. The van der Waals surface area contributed by atoms with Gasteiger partial charge in [-0.2, -0.15) is 0 Å². The van der Waals surface area contributed by atoms with Gasteiger partial charge in [-0.3, -0.25) is 19.4 Å². The third-order valence-corrected chi connectivity index (χ3v) is 5.55. The van der Waals surface area contributed by atoms with E-state index in [2.05, 4.69) is 5.32 Å². The van der Waals surface area contributed by atoms with E-state index in [1.54, 1.807) is 0 Å². The zero-order valence-corrected chi connectivity index (χ0v) is 16.4. The standard InChI is InChI=1S/C19H18FN3O5S/c1-12-18(25)22(19(26)23(12)15-7-3-13(20)4-8-15)11-17(24)21-14-5-9-16(10-6-14)29(2,27)28/h3-10,12H,11H2,1-2H3,(H,21,24). The first-order valence-corrected chi connectivity index (χ1v) is 10.5. The molecular formula is C19H18FN3O5S. The number of amides is 4. The molecule has 1 atom stereocenters. The van der Waals surface area contributed by atoms with Crippen molar-refractivity contribution in [1.82, 2.24) is 4.90 Å². The maximum Gasteiger partial charge on any atom is 0.332 e. The van der Waals surface area contributed by atoms with Gasteiger partial charge in [-0.05, 0) is 55.5 Å². The van der Waals surface area contributed by atoms with Crippen LogP contribution in [0, 0.1) is 5.82 Å². The van der Waals surface area contributed by atoms with Gasteiger partial charge in [0, 0.05) is 17.6 Å². The Morgan fingerprint density at radius 2 is 1.66 bits per heavy atom. The molecule has 1 N–H and O–H groups in total. The number of nitrogens with zero attached hydrogens (tertiary/aromatic N) is 2. The van der Waals surface area contributed by atoms with Crippen molar-refractivity contribution in [2.45, 2.75) is 17.9 Å². The lowest BCUT2D eigenvalue weighted by molar-refractivity contribution is -0.130. The molecular weight excluding hydrogens is 401 g/mol. The summed E-state index contributed by atoms with van der Waals surface area (Å²) in [5, 5.41) is 2.52. The van der Waals surface area contributed by atoms with E-state index < -0.39 is 46.1 Å². The summed E-state index contributed by atoms with van der Waals surface area (Å²) in [5.41, 5.74) is 0.668. The Balaban J connectivity index is 1.70. The van der Waals surface area contributed by atoms with E-state index >= 15 is 0 Å². The predicted molar refractivity (Wildman–Crippen MR) is 104 cm³/mol. The van der Waals surface area contributed by atoms with Crippen LogP contribution in [0.1, 0.15) is 6.92 Å². The maximum absolute atomic E-state index is 13.1. The molecule has 29 heavy (non-hydrogen) atoms. The number of nitrogens with one attached hydrogen (secondary N) is 1. The van der Waals surface area contributed by atoms with Gasteiger partial charge in [0.1, 0.15) is 18.4 Å². The molecule has 1 unspecified atom stereocenters. The lowest BCUT2D eigenvalue weighted by atomic mass is 10.2. The van der Waals surface area contributed by atoms with Crippen molar-refractivity contribution in [2.75, 3.05) is 23.0 Å². The van der Waals surface area contributed by atoms with E-state index in [1.807, 2.05) is 0 Å². The van der Waals surface area contributed by atoms with Gasteiger partial charge in [0.25, 0.3) is 5.91 Å². The van der Waals surface area contributed by atoms with Crippen LogP contribution in [0.4, 0.5) is 20.6 Å². The average Bonchev–Trinajstić information content (AvgIpc) is 2.86. The van der Waals surface area contributed by atoms with Gasteiger partial charge in [-0.1, -0.05) is 0 Å². The van der Waals surface area contributed by atoms with Crippen molar-refractivity contribution in [1.29, 1.82) is 0 Å². The average molecular weight is 419 g/mol. The van der Waals surface area contributed by atoms with Crippen LogP contribution in [0.25, 0.3) is 0 Å². The number of urea groups is 1. The first-order chi connectivity index (χ1) is 13.6. The third-order valence-electron chi connectivity index (χ3n) is 4.42. The number of anilines is 2. The summed E-state index contributed by atoms with van der Waals surface area (Å²) in [6, 6.07) is 9.10. The molecule has 1 heterocycles. The van der Waals surface area contributed by atoms with Crippen LogP contribution in [0.5, 0.6) is 0 Å². The smallest absolute Gasteiger partial charge is 0.325 e. The monoisotopic (exact) mass is 419 g/mol. The Morgan fingerprint density at radius 3 is 2.21 bits per heavy atom. The van der Waals surface area contributed by atoms with E-state index in [0.29, 0.717) is 11.4 Å². The number of carbonyl (C=O) groups excluding carboxylic acids is 3. The van der Waals surface area contributed by atoms with Gasteiger partial charge in [-0.25, -0.2) is 17.6 Å². The number of sulfone groups is 1. The Hall–Kier alpha value is -3.27. The third kappa shape index (κ3) is 4.27. The van der Waals surface area contributed by atoms with E-state index in [4.69, 9.17) is 0 Å². The lowest BCUT2D eigenvalue weighted by Gasteiger charge is -2.19. The molecule has 0 spiro atoms. The van der Waals surface area contributed by atoms with Crippen molar-refractivity contribution in [3.05, 3.63) is 54.3 Å². The second-order valence-corrected chi connectivity index (χ2v) is 8.59. The molecule has 0 radical (unpaired) electrons. The molecule has 1 saturated heterocycles. The van der Waals surface area contributed by atoms with Crippen LogP contribution in [0.2, 0.25) is 0 Å². The largest absolute Gasteiger partial charge is 0.332 e. The van der Waals surface area contributed by atoms with Crippen LogP contribution in [0.3, 0.4) is 0 Å². The molecule has 0 bridgehead atoms. The van der Waals surface area contributed by atoms with Crippen LogP contribution < -0.4 is 10.2 Å². The quantitative estimate of drug-likeness (QED) is 0.747. The summed E-state index contributed by atoms with van der Waals surface area (Å²) < 4.78 is 36.1. The molecule has 152 valence electrons. The highest BCUT2D eigenvalue weighted by Gasteiger charge is 2.44. The van der Waals surface area contributed by atoms with E-state index in [-0.39, 0.29) is 4.90 Å². The maximum atomic E-state index is 13.1.